The van der Waals surface area contributed by atoms with Gasteiger partial charge in [-0.25, -0.2) is 4.98 Å². The summed E-state index contributed by atoms with van der Waals surface area (Å²) in [6.45, 7) is 6.07. The first-order valence-corrected chi connectivity index (χ1v) is 8.25. The fraction of sp³-hybridized carbons (Fsp3) is 0.812. The molecule has 1 aromatic heterocycles. The molecule has 0 bridgehead atoms. The molecule has 1 saturated heterocycles. The van der Waals surface area contributed by atoms with Crippen LogP contribution in [0.3, 0.4) is 0 Å². The molecular weight excluding hydrogens is 264 g/mol. The van der Waals surface area contributed by atoms with E-state index in [0.717, 1.165) is 43.3 Å². The average molecular weight is 292 g/mol. The van der Waals surface area contributed by atoms with Gasteiger partial charge in [-0.3, -0.25) is 0 Å². The zero-order valence-corrected chi connectivity index (χ0v) is 13.2. The third kappa shape index (κ3) is 3.40. The van der Waals surface area contributed by atoms with Crippen LogP contribution in [0.4, 0.5) is 5.95 Å². The largest absolute Gasteiger partial charge is 0.392 e. The molecule has 0 aromatic carbocycles. The Morgan fingerprint density at radius 1 is 1.43 bits per heavy atom. The highest BCUT2D eigenvalue weighted by Crippen LogP contribution is 2.40. The zero-order valence-electron chi connectivity index (χ0n) is 13.2. The van der Waals surface area contributed by atoms with Crippen molar-refractivity contribution in [1.82, 2.24) is 14.5 Å². The van der Waals surface area contributed by atoms with Crippen molar-refractivity contribution >= 4 is 5.95 Å². The van der Waals surface area contributed by atoms with Crippen molar-refractivity contribution in [3.63, 3.8) is 0 Å². The van der Waals surface area contributed by atoms with Crippen LogP contribution in [-0.2, 0) is 7.05 Å². The van der Waals surface area contributed by atoms with Gasteiger partial charge in [0.2, 0.25) is 5.95 Å². The Balaban J connectivity index is 1.57. The summed E-state index contributed by atoms with van der Waals surface area (Å²) in [6, 6.07) is 0. The van der Waals surface area contributed by atoms with Gasteiger partial charge in [-0.15, -0.1) is 0 Å². The van der Waals surface area contributed by atoms with E-state index in [9.17, 15) is 5.11 Å². The summed E-state index contributed by atoms with van der Waals surface area (Å²) in [5.74, 6) is 3.31. The normalized spacial score (nSPS) is 31.1. The number of β-amino-alcohol motifs (C(OH)–C–C–N with tert-alkyl or cyclic N) is 1. The molecule has 21 heavy (non-hydrogen) atoms. The molecule has 1 aliphatic carbocycles. The van der Waals surface area contributed by atoms with Crippen LogP contribution in [-0.4, -0.2) is 51.8 Å². The summed E-state index contributed by atoms with van der Waals surface area (Å²) in [4.78, 5) is 6.81. The number of rotatable bonds is 5. The third-order valence-electron chi connectivity index (χ3n) is 5.19. The van der Waals surface area contributed by atoms with E-state index in [4.69, 9.17) is 0 Å². The maximum atomic E-state index is 9.61. The van der Waals surface area contributed by atoms with Crippen LogP contribution >= 0.6 is 0 Å². The van der Waals surface area contributed by atoms with Crippen molar-refractivity contribution in [3.05, 3.63) is 12.4 Å². The molecule has 0 spiro atoms. The number of aliphatic hydroxyl groups excluding tert-OH is 1. The third-order valence-corrected chi connectivity index (χ3v) is 5.19. The molecule has 2 N–H and O–H groups in total. The van der Waals surface area contributed by atoms with Crippen LogP contribution in [0.15, 0.2) is 12.4 Å². The summed E-state index contributed by atoms with van der Waals surface area (Å²) in [7, 11) is 2.03. The van der Waals surface area contributed by atoms with Gasteiger partial charge in [0.1, 0.15) is 0 Å². The first kappa shape index (κ1) is 14.9. The standard InChI is InChI=1S/C16H28N4O/c1-12(21)9-20-10-14-5-3-4-13(15(14)11-20)8-18-16-17-6-7-19(16)2/h6-7,12-15,21H,3-5,8-11H2,1-2H3,(H,17,18)/t12?,13-,14+,15+/m0/s1. The maximum absolute atomic E-state index is 9.61. The lowest BCUT2D eigenvalue weighted by Gasteiger charge is -2.33. The number of hydrogen-bond acceptors (Lipinski definition) is 4. The Kier molecular flexibility index (Phi) is 4.50. The van der Waals surface area contributed by atoms with Gasteiger partial charge in [0.15, 0.2) is 0 Å². The van der Waals surface area contributed by atoms with E-state index in [1.54, 1.807) is 0 Å². The zero-order chi connectivity index (χ0) is 14.8. The summed E-state index contributed by atoms with van der Waals surface area (Å²) in [6.07, 6.45) is 7.63. The lowest BCUT2D eigenvalue weighted by atomic mass is 9.74. The van der Waals surface area contributed by atoms with Gasteiger partial charge in [0.05, 0.1) is 6.10 Å². The minimum Gasteiger partial charge on any atom is -0.392 e. The molecule has 0 radical (unpaired) electrons. The number of likely N-dealkylation sites (tertiary alicyclic amines) is 1. The average Bonchev–Trinajstić information content (AvgIpc) is 3.01. The second-order valence-corrected chi connectivity index (χ2v) is 6.93. The highest BCUT2D eigenvalue weighted by Gasteiger charge is 2.40. The van der Waals surface area contributed by atoms with Crippen LogP contribution in [0.5, 0.6) is 0 Å². The van der Waals surface area contributed by atoms with Gasteiger partial charge in [-0.2, -0.15) is 0 Å². The van der Waals surface area contributed by atoms with E-state index in [2.05, 4.69) is 15.2 Å². The summed E-state index contributed by atoms with van der Waals surface area (Å²) in [5, 5.41) is 13.1. The van der Waals surface area contributed by atoms with Crippen molar-refractivity contribution in [1.29, 1.82) is 0 Å². The fourth-order valence-corrected chi connectivity index (χ4v) is 4.22. The Morgan fingerprint density at radius 2 is 2.29 bits per heavy atom. The van der Waals surface area contributed by atoms with Gasteiger partial charge >= 0.3 is 0 Å². The Labute approximate surface area is 127 Å². The predicted octanol–water partition coefficient (Wildman–Crippen LogP) is 1.56. The number of aromatic nitrogens is 2. The highest BCUT2D eigenvalue weighted by molar-refractivity contribution is 5.25. The second kappa shape index (κ2) is 6.36. The first-order valence-electron chi connectivity index (χ1n) is 8.25. The molecule has 5 heteroatoms. The van der Waals surface area contributed by atoms with E-state index in [1.165, 1.54) is 25.8 Å². The molecule has 0 amide bonds. The molecular formula is C16H28N4O. The van der Waals surface area contributed by atoms with Gasteiger partial charge in [-0.1, -0.05) is 6.42 Å². The Hall–Kier alpha value is -1.07. The van der Waals surface area contributed by atoms with Crippen LogP contribution in [0, 0.1) is 17.8 Å². The molecule has 1 aromatic rings. The fourth-order valence-electron chi connectivity index (χ4n) is 4.22. The van der Waals surface area contributed by atoms with Crippen molar-refractivity contribution in [2.45, 2.75) is 32.3 Å². The van der Waals surface area contributed by atoms with E-state index in [0.29, 0.717) is 0 Å². The van der Waals surface area contributed by atoms with Crippen molar-refractivity contribution in [2.24, 2.45) is 24.8 Å². The minimum absolute atomic E-state index is 0.214. The first-order chi connectivity index (χ1) is 10.1. The molecule has 5 nitrogen and oxygen atoms in total. The number of hydrogen-bond donors (Lipinski definition) is 2. The molecule has 1 aliphatic heterocycles. The molecule has 118 valence electrons. The highest BCUT2D eigenvalue weighted by atomic mass is 16.3. The van der Waals surface area contributed by atoms with Crippen LogP contribution in [0.1, 0.15) is 26.2 Å². The number of fused-ring (bicyclic) bond motifs is 1. The van der Waals surface area contributed by atoms with Crippen LogP contribution in [0.2, 0.25) is 0 Å². The molecule has 1 saturated carbocycles. The molecule has 4 atom stereocenters. The lowest BCUT2D eigenvalue weighted by Crippen LogP contribution is -2.33. The smallest absolute Gasteiger partial charge is 0.202 e. The number of aliphatic hydroxyl groups is 1. The SMILES string of the molecule is CC(O)CN1C[C@H]2CCC[C@@H](CNc3nccn3C)[C@H]2C1. The molecule has 1 unspecified atom stereocenters. The van der Waals surface area contributed by atoms with Crippen molar-refractivity contribution in [2.75, 3.05) is 31.5 Å². The summed E-state index contributed by atoms with van der Waals surface area (Å²) >= 11 is 0. The molecule has 2 heterocycles. The van der Waals surface area contributed by atoms with Crippen LogP contribution in [0.25, 0.3) is 0 Å². The monoisotopic (exact) mass is 292 g/mol. The van der Waals surface area contributed by atoms with Gasteiger partial charge in [0.25, 0.3) is 0 Å². The van der Waals surface area contributed by atoms with E-state index < -0.39 is 0 Å². The van der Waals surface area contributed by atoms with Gasteiger partial charge in [0, 0.05) is 45.6 Å². The number of imidazole rings is 1. The van der Waals surface area contributed by atoms with Gasteiger partial charge < -0.3 is 19.9 Å². The van der Waals surface area contributed by atoms with E-state index in [-0.39, 0.29) is 6.10 Å². The van der Waals surface area contributed by atoms with Crippen molar-refractivity contribution < 1.29 is 5.11 Å². The summed E-state index contributed by atoms with van der Waals surface area (Å²) < 4.78 is 2.04. The molecule has 3 rings (SSSR count). The van der Waals surface area contributed by atoms with E-state index in [1.807, 2.05) is 30.9 Å². The molecule has 2 aliphatic rings. The van der Waals surface area contributed by atoms with Gasteiger partial charge in [-0.05, 0) is 37.5 Å². The Bertz CT molecular complexity index is 459. The molecule has 2 fully saturated rings. The van der Waals surface area contributed by atoms with Crippen molar-refractivity contribution in [3.8, 4) is 0 Å². The lowest BCUT2D eigenvalue weighted by molar-refractivity contribution is 0.136. The van der Waals surface area contributed by atoms with Crippen LogP contribution < -0.4 is 5.32 Å². The predicted molar refractivity (Wildman–Crippen MR) is 84.1 cm³/mol. The number of aryl methyl sites for hydroxylation is 1. The maximum Gasteiger partial charge on any atom is 0.202 e. The second-order valence-electron chi connectivity index (χ2n) is 6.93. The topological polar surface area (TPSA) is 53.3 Å². The Morgan fingerprint density at radius 3 is 3.00 bits per heavy atom. The number of nitrogens with one attached hydrogen (secondary N) is 1. The summed E-state index contributed by atoms with van der Waals surface area (Å²) in [5.41, 5.74) is 0. The quantitative estimate of drug-likeness (QED) is 0.865. The number of nitrogens with zero attached hydrogens (tertiary/aromatic N) is 3. The number of anilines is 1. The van der Waals surface area contributed by atoms with E-state index >= 15 is 0 Å². The minimum atomic E-state index is -0.214.